The van der Waals surface area contributed by atoms with Gasteiger partial charge in [0.15, 0.2) is 0 Å². The Bertz CT molecular complexity index is 765. The first kappa shape index (κ1) is 15.3. The zero-order valence-electron chi connectivity index (χ0n) is 13.3. The predicted molar refractivity (Wildman–Crippen MR) is 85.4 cm³/mol. The quantitative estimate of drug-likeness (QED) is 0.855. The van der Waals surface area contributed by atoms with Crippen LogP contribution in [0.5, 0.6) is 0 Å². The summed E-state index contributed by atoms with van der Waals surface area (Å²) in [6.45, 7) is 1.47. The fourth-order valence-corrected chi connectivity index (χ4v) is 2.72. The molecule has 8 heteroatoms. The molecule has 2 aromatic heterocycles. The van der Waals surface area contributed by atoms with Crippen LogP contribution in [0.15, 0.2) is 29.5 Å². The first-order valence-corrected chi connectivity index (χ1v) is 7.61. The summed E-state index contributed by atoms with van der Waals surface area (Å²) in [4.78, 5) is 30.3. The van der Waals surface area contributed by atoms with Crippen LogP contribution in [0.25, 0.3) is 0 Å². The molecule has 1 fully saturated rings. The number of nitrogens with zero attached hydrogens (tertiary/aromatic N) is 5. The number of anilines is 1. The van der Waals surface area contributed by atoms with Crippen LogP contribution < -0.4 is 15.8 Å². The van der Waals surface area contributed by atoms with E-state index >= 15 is 0 Å². The molecule has 1 aliphatic heterocycles. The summed E-state index contributed by atoms with van der Waals surface area (Å²) in [6, 6.07) is 3.24. The lowest BCUT2D eigenvalue weighted by Crippen LogP contribution is -2.48. The summed E-state index contributed by atoms with van der Waals surface area (Å²) in [7, 11) is 3.45. The van der Waals surface area contributed by atoms with Crippen molar-refractivity contribution in [3.63, 3.8) is 0 Å². The van der Waals surface area contributed by atoms with E-state index in [2.05, 4.69) is 15.4 Å². The van der Waals surface area contributed by atoms with Crippen LogP contribution in [0.2, 0.25) is 0 Å². The van der Waals surface area contributed by atoms with Crippen LogP contribution in [0, 0.1) is 0 Å². The van der Waals surface area contributed by atoms with Gasteiger partial charge in [0.1, 0.15) is 11.5 Å². The van der Waals surface area contributed by atoms with Crippen LogP contribution in [0.1, 0.15) is 23.3 Å². The Kier molecular flexibility index (Phi) is 4.14. The van der Waals surface area contributed by atoms with Crippen molar-refractivity contribution in [1.29, 1.82) is 0 Å². The van der Waals surface area contributed by atoms with E-state index in [9.17, 15) is 9.59 Å². The van der Waals surface area contributed by atoms with E-state index in [-0.39, 0.29) is 17.5 Å². The van der Waals surface area contributed by atoms with Crippen molar-refractivity contribution in [2.45, 2.75) is 18.9 Å². The molecule has 1 atom stereocenters. The van der Waals surface area contributed by atoms with E-state index in [0.29, 0.717) is 18.1 Å². The Morgan fingerprint density at radius 2 is 2.22 bits per heavy atom. The first-order chi connectivity index (χ1) is 11.0. The molecule has 2 aromatic rings. The van der Waals surface area contributed by atoms with Gasteiger partial charge in [0.25, 0.3) is 11.5 Å². The molecule has 0 aliphatic carbocycles. The molecule has 1 unspecified atom stereocenters. The van der Waals surface area contributed by atoms with E-state index in [0.717, 1.165) is 19.4 Å². The van der Waals surface area contributed by atoms with Crippen molar-refractivity contribution < 1.29 is 4.79 Å². The zero-order chi connectivity index (χ0) is 16.4. The minimum Gasteiger partial charge on any atom is -0.354 e. The summed E-state index contributed by atoms with van der Waals surface area (Å²) in [6.07, 6.45) is 5.10. The maximum atomic E-state index is 12.2. The molecule has 3 rings (SSSR count). The van der Waals surface area contributed by atoms with Gasteiger partial charge in [0.2, 0.25) is 0 Å². The number of hydrogen-bond donors (Lipinski definition) is 1. The van der Waals surface area contributed by atoms with Gasteiger partial charge in [-0.2, -0.15) is 5.10 Å². The average Bonchev–Trinajstić information content (AvgIpc) is 2.97. The Balaban J connectivity index is 1.67. The second-order valence-electron chi connectivity index (χ2n) is 5.83. The van der Waals surface area contributed by atoms with E-state index in [1.54, 1.807) is 31.0 Å². The molecule has 8 nitrogen and oxygen atoms in total. The zero-order valence-corrected chi connectivity index (χ0v) is 13.3. The second kappa shape index (κ2) is 6.23. The molecule has 1 amide bonds. The number of aryl methyl sites for hydroxylation is 2. The lowest BCUT2D eigenvalue weighted by molar-refractivity contribution is 0.0927. The summed E-state index contributed by atoms with van der Waals surface area (Å²) in [5.74, 6) is 0.485. The number of aromatic nitrogens is 4. The van der Waals surface area contributed by atoms with E-state index in [4.69, 9.17) is 0 Å². The summed E-state index contributed by atoms with van der Waals surface area (Å²) in [5.41, 5.74) is 0.325. The Morgan fingerprint density at radius 1 is 1.39 bits per heavy atom. The highest BCUT2D eigenvalue weighted by Gasteiger charge is 2.23. The number of piperidine rings is 1. The van der Waals surface area contributed by atoms with Gasteiger partial charge in [-0.15, -0.1) is 0 Å². The van der Waals surface area contributed by atoms with Crippen molar-refractivity contribution in [1.82, 2.24) is 24.6 Å². The number of hydrogen-bond acceptors (Lipinski definition) is 5. The van der Waals surface area contributed by atoms with Gasteiger partial charge in [-0.05, 0) is 18.9 Å². The molecular formula is C15H20N6O2. The van der Waals surface area contributed by atoms with Crippen LogP contribution >= 0.6 is 0 Å². The third kappa shape index (κ3) is 3.41. The lowest BCUT2D eigenvalue weighted by atomic mass is 10.1. The highest BCUT2D eigenvalue weighted by atomic mass is 16.2. The lowest BCUT2D eigenvalue weighted by Gasteiger charge is -2.33. The minimum atomic E-state index is -0.172. The number of carbonyl (C=O) groups is 1. The smallest absolute Gasteiger partial charge is 0.272 e. The number of nitrogens with one attached hydrogen (secondary N) is 1. The normalized spacial score (nSPS) is 18.0. The van der Waals surface area contributed by atoms with E-state index < -0.39 is 0 Å². The molecule has 0 aromatic carbocycles. The SMILES string of the molecule is Cn1ccc(C(=O)NC2CCCN(c3cc(=O)n(C)cn3)C2)n1. The first-order valence-electron chi connectivity index (χ1n) is 7.61. The Morgan fingerprint density at radius 3 is 2.91 bits per heavy atom. The van der Waals surface area contributed by atoms with Crippen LogP contribution in [-0.2, 0) is 14.1 Å². The van der Waals surface area contributed by atoms with Gasteiger partial charge in [-0.25, -0.2) is 4.98 Å². The standard InChI is InChI=1S/C15H20N6O2/c1-19-10-16-13(8-14(19)22)21-6-3-4-11(9-21)17-15(23)12-5-7-20(2)18-12/h5,7-8,10-11H,3-4,6,9H2,1-2H3,(H,17,23). The maximum Gasteiger partial charge on any atom is 0.272 e. The van der Waals surface area contributed by atoms with Gasteiger partial charge in [-0.1, -0.05) is 0 Å². The maximum absolute atomic E-state index is 12.2. The molecule has 122 valence electrons. The van der Waals surface area contributed by atoms with Crippen LogP contribution in [0.4, 0.5) is 5.82 Å². The number of carbonyl (C=O) groups excluding carboxylic acids is 1. The highest BCUT2D eigenvalue weighted by molar-refractivity contribution is 5.92. The third-order valence-electron chi connectivity index (χ3n) is 3.99. The Hall–Kier alpha value is -2.64. The number of rotatable bonds is 3. The average molecular weight is 316 g/mol. The fourth-order valence-electron chi connectivity index (χ4n) is 2.72. The van der Waals surface area contributed by atoms with Crippen molar-refractivity contribution in [3.8, 4) is 0 Å². The number of amides is 1. The molecule has 1 saturated heterocycles. The summed E-state index contributed by atoms with van der Waals surface area (Å²) in [5, 5.41) is 7.12. The minimum absolute atomic E-state index is 0.0177. The third-order valence-corrected chi connectivity index (χ3v) is 3.99. The predicted octanol–water partition coefficient (Wildman–Crippen LogP) is -0.0874. The molecular weight excluding hydrogens is 296 g/mol. The second-order valence-corrected chi connectivity index (χ2v) is 5.83. The molecule has 1 N–H and O–H groups in total. The molecule has 3 heterocycles. The van der Waals surface area contributed by atoms with Crippen molar-refractivity contribution >= 4 is 11.7 Å². The summed E-state index contributed by atoms with van der Waals surface area (Å²) < 4.78 is 3.04. The van der Waals surface area contributed by atoms with E-state index in [1.165, 1.54) is 17.0 Å². The van der Waals surface area contributed by atoms with Crippen LogP contribution in [-0.4, -0.2) is 44.4 Å². The molecule has 0 radical (unpaired) electrons. The van der Waals surface area contributed by atoms with E-state index in [1.807, 2.05) is 4.90 Å². The molecule has 23 heavy (non-hydrogen) atoms. The van der Waals surface area contributed by atoms with Gasteiger partial charge in [0, 0.05) is 45.5 Å². The largest absolute Gasteiger partial charge is 0.354 e. The molecule has 0 saturated carbocycles. The van der Waals surface area contributed by atoms with Gasteiger partial charge < -0.3 is 14.8 Å². The highest BCUT2D eigenvalue weighted by Crippen LogP contribution is 2.16. The Labute approximate surface area is 133 Å². The molecule has 0 bridgehead atoms. The fraction of sp³-hybridized carbons (Fsp3) is 0.467. The molecule has 1 aliphatic rings. The summed E-state index contributed by atoms with van der Waals surface area (Å²) >= 11 is 0. The van der Waals surface area contributed by atoms with Gasteiger partial charge in [-0.3, -0.25) is 14.3 Å². The monoisotopic (exact) mass is 316 g/mol. The van der Waals surface area contributed by atoms with Crippen LogP contribution in [0.3, 0.4) is 0 Å². The van der Waals surface area contributed by atoms with Gasteiger partial charge >= 0.3 is 0 Å². The topological polar surface area (TPSA) is 85.0 Å². The van der Waals surface area contributed by atoms with Crippen molar-refractivity contribution in [2.24, 2.45) is 14.1 Å². The van der Waals surface area contributed by atoms with Gasteiger partial charge in [0.05, 0.1) is 6.33 Å². The molecule has 0 spiro atoms. The van der Waals surface area contributed by atoms with Crippen molar-refractivity contribution in [3.05, 3.63) is 40.7 Å². The van der Waals surface area contributed by atoms with Crippen molar-refractivity contribution in [2.75, 3.05) is 18.0 Å².